The molecule has 0 N–H and O–H groups in total. The second kappa shape index (κ2) is 4.40. The molecule has 1 aliphatic heterocycles. The van der Waals surface area contributed by atoms with E-state index in [2.05, 4.69) is 6.92 Å². The van der Waals surface area contributed by atoms with Crippen LogP contribution in [-0.2, 0) is 4.74 Å². The van der Waals surface area contributed by atoms with Crippen LogP contribution in [0.1, 0.15) is 23.6 Å². The first kappa shape index (κ1) is 10.7. The van der Waals surface area contributed by atoms with E-state index in [1.54, 1.807) is 11.3 Å². The molecule has 0 spiro atoms. The Labute approximate surface area is 98.0 Å². The molecule has 3 atom stereocenters. The summed E-state index contributed by atoms with van der Waals surface area (Å²) in [6.07, 6.45) is 1.39. The average molecular weight is 251 g/mol. The number of hydrogen-bond acceptors (Lipinski definition) is 2. The fourth-order valence-corrected chi connectivity index (χ4v) is 3.28. The molecule has 0 radical (unpaired) electrons. The van der Waals surface area contributed by atoms with Gasteiger partial charge in [0.15, 0.2) is 0 Å². The Morgan fingerprint density at radius 2 is 2.36 bits per heavy atom. The first-order valence-electron chi connectivity index (χ1n) is 4.67. The zero-order chi connectivity index (χ0) is 10.1. The second-order valence-electron chi connectivity index (χ2n) is 3.68. The zero-order valence-corrected chi connectivity index (χ0v) is 10.2. The quantitative estimate of drug-likeness (QED) is 0.719. The Morgan fingerprint density at radius 1 is 1.57 bits per heavy atom. The number of halogens is 2. The average Bonchev–Trinajstić information content (AvgIpc) is 2.73. The van der Waals surface area contributed by atoms with Gasteiger partial charge in [0.2, 0.25) is 0 Å². The van der Waals surface area contributed by atoms with Crippen LogP contribution in [0.2, 0.25) is 4.34 Å². The third-order valence-corrected chi connectivity index (χ3v) is 4.54. The summed E-state index contributed by atoms with van der Waals surface area (Å²) in [7, 11) is 0. The van der Waals surface area contributed by atoms with E-state index in [1.165, 1.54) is 0 Å². The summed E-state index contributed by atoms with van der Waals surface area (Å²) in [6.45, 7) is 2.86. The van der Waals surface area contributed by atoms with Gasteiger partial charge >= 0.3 is 0 Å². The maximum absolute atomic E-state index is 6.36. The van der Waals surface area contributed by atoms with Crippen LogP contribution < -0.4 is 0 Å². The molecule has 2 rings (SSSR count). The normalized spacial score (nSPS) is 29.4. The Bertz CT molecular complexity index is 313. The lowest BCUT2D eigenvalue weighted by Gasteiger charge is -2.13. The summed E-state index contributed by atoms with van der Waals surface area (Å²) in [4.78, 5) is 1.15. The lowest BCUT2D eigenvalue weighted by molar-refractivity contribution is 0.120. The highest BCUT2D eigenvalue weighted by Crippen LogP contribution is 2.40. The molecule has 2 heterocycles. The highest BCUT2D eigenvalue weighted by Gasteiger charge is 2.30. The molecular weight excluding hydrogens is 239 g/mol. The molecule has 78 valence electrons. The molecule has 1 fully saturated rings. The van der Waals surface area contributed by atoms with Crippen LogP contribution in [0.3, 0.4) is 0 Å². The van der Waals surface area contributed by atoms with Gasteiger partial charge in [-0.3, -0.25) is 0 Å². The van der Waals surface area contributed by atoms with Gasteiger partial charge in [-0.1, -0.05) is 11.6 Å². The van der Waals surface area contributed by atoms with Crippen molar-refractivity contribution < 1.29 is 4.74 Å². The van der Waals surface area contributed by atoms with Crippen LogP contribution in [0.4, 0.5) is 0 Å². The maximum Gasteiger partial charge on any atom is 0.0931 e. The van der Waals surface area contributed by atoms with Gasteiger partial charge in [-0.2, -0.15) is 0 Å². The SMILES string of the molecule is CC1CC(C(Cl)c2ccc(Cl)s2)CO1. The molecule has 0 saturated carbocycles. The van der Waals surface area contributed by atoms with Crippen LogP contribution in [0.15, 0.2) is 12.1 Å². The molecule has 1 nitrogen and oxygen atoms in total. The van der Waals surface area contributed by atoms with Crippen molar-refractivity contribution in [2.24, 2.45) is 5.92 Å². The molecule has 0 aliphatic carbocycles. The Balaban J connectivity index is 2.05. The van der Waals surface area contributed by atoms with Gasteiger partial charge < -0.3 is 4.74 Å². The van der Waals surface area contributed by atoms with E-state index in [4.69, 9.17) is 27.9 Å². The molecule has 0 bridgehead atoms. The molecule has 1 aromatic rings. The number of hydrogen-bond donors (Lipinski definition) is 0. The van der Waals surface area contributed by atoms with Crippen LogP contribution in [0.5, 0.6) is 0 Å². The topological polar surface area (TPSA) is 9.23 Å². The molecule has 1 aliphatic rings. The van der Waals surface area contributed by atoms with Crippen LogP contribution in [-0.4, -0.2) is 12.7 Å². The van der Waals surface area contributed by atoms with Gasteiger partial charge in [-0.25, -0.2) is 0 Å². The Morgan fingerprint density at radius 3 is 2.86 bits per heavy atom. The molecule has 1 saturated heterocycles. The third kappa shape index (κ3) is 2.25. The van der Waals surface area contributed by atoms with Crippen molar-refractivity contribution in [3.63, 3.8) is 0 Å². The molecule has 14 heavy (non-hydrogen) atoms. The molecular formula is C10H12Cl2OS. The highest BCUT2D eigenvalue weighted by molar-refractivity contribution is 7.16. The lowest BCUT2D eigenvalue weighted by Crippen LogP contribution is -2.06. The number of alkyl halides is 1. The zero-order valence-electron chi connectivity index (χ0n) is 7.87. The lowest BCUT2D eigenvalue weighted by atomic mass is 10.0. The minimum absolute atomic E-state index is 0.0532. The largest absolute Gasteiger partial charge is 0.378 e. The van der Waals surface area contributed by atoms with E-state index in [-0.39, 0.29) is 5.38 Å². The number of rotatable bonds is 2. The molecule has 0 aromatic carbocycles. The Hall–Kier alpha value is 0.240. The molecule has 1 aromatic heterocycles. The summed E-state index contributed by atoms with van der Waals surface area (Å²) >= 11 is 13.8. The van der Waals surface area contributed by atoms with E-state index in [9.17, 15) is 0 Å². The summed E-state index contributed by atoms with van der Waals surface area (Å²) < 4.78 is 6.31. The molecule has 0 amide bonds. The van der Waals surface area contributed by atoms with Crippen molar-refractivity contribution in [1.82, 2.24) is 0 Å². The van der Waals surface area contributed by atoms with Crippen molar-refractivity contribution in [1.29, 1.82) is 0 Å². The standard InChI is InChI=1S/C10H12Cl2OS/c1-6-4-7(5-13-6)10(12)8-2-3-9(11)14-8/h2-3,6-7,10H,4-5H2,1H3. The van der Waals surface area contributed by atoms with E-state index in [0.29, 0.717) is 12.0 Å². The predicted octanol–water partition coefficient (Wildman–Crippen LogP) is 4.11. The summed E-state index contributed by atoms with van der Waals surface area (Å²) in [5.74, 6) is 0.432. The van der Waals surface area contributed by atoms with E-state index < -0.39 is 0 Å². The van der Waals surface area contributed by atoms with Gasteiger partial charge in [0.1, 0.15) is 0 Å². The first-order chi connectivity index (χ1) is 6.66. The van der Waals surface area contributed by atoms with Gasteiger partial charge in [0, 0.05) is 10.8 Å². The molecule has 4 heteroatoms. The van der Waals surface area contributed by atoms with Crippen molar-refractivity contribution in [2.75, 3.05) is 6.61 Å². The number of thiophene rings is 1. The van der Waals surface area contributed by atoms with Crippen LogP contribution in [0, 0.1) is 5.92 Å². The second-order valence-corrected chi connectivity index (χ2v) is 5.90. The first-order valence-corrected chi connectivity index (χ1v) is 6.31. The van der Waals surface area contributed by atoms with Gasteiger partial charge in [0.05, 0.1) is 22.4 Å². The van der Waals surface area contributed by atoms with Gasteiger partial charge in [0.25, 0.3) is 0 Å². The highest BCUT2D eigenvalue weighted by atomic mass is 35.5. The fraction of sp³-hybridized carbons (Fsp3) is 0.600. The summed E-state index contributed by atoms with van der Waals surface area (Å²) in [6, 6.07) is 3.91. The Kier molecular flexibility index (Phi) is 3.38. The van der Waals surface area contributed by atoms with Crippen molar-refractivity contribution in [3.05, 3.63) is 21.3 Å². The number of ether oxygens (including phenoxy) is 1. The van der Waals surface area contributed by atoms with Crippen LogP contribution >= 0.6 is 34.5 Å². The minimum atomic E-state index is 0.0532. The fourth-order valence-electron chi connectivity index (χ4n) is 1.76. The summed E-state index contributed by atoms with van der Waals surface area (Å²) in [5.41, 5.74) is 0. The smallest absolute Gasteiger partial charge is 0.0931 e. The van der Waals surface area contributed by atoms with Crippen molar-refractivity contribution in [2.45, 2.75) is 24.8 Å². The molecule has 3 unspecified atom stereocenters. The summed E-state index contributed by atoms with van der Waals surface area (Å²) in [5, 5.41) is 0.0532. The van der Waals surface area contributed by atoms with E-state index in [0.717, 1.165) is 22.2 Å². The maximum atomic E-state index is 6.36. The van der Waals surface area contributed by atoms with E-state index in [1.807, 2.05) is 12.1 Å². The van der Waals surface area contributed by atoms with Gasteiger partial charge in [-0.15, -0.1) is 22.9 Å². The van der Waals surface area contributed by atoms with E-state index >= 15 is 0 Å². The van der Waals surface area contributed by atoms with Crippen molar-refractivity contribution >= 4 is 34.5 Å². The van der Waals surface area contributed by atoms with Crippen molar-refractivity contribution in [3.8, 4) is 0 Å². The van der Waals surface area contributed by atoms with Crippen LogP contribution in [0.25, 0.3) is 0 Å². The van der Waals surface area contributed by atoms with Gasteiger partial charge in [-0.05, 0) is 25.5 Å². The monoisotopic (exact) mass is 250 g/mol. The minimum Gasteiger partial charge on any atom is -0.378 e. The third-order valence-electron chi connectivity index (χ3n) is 2.51. The predicted molar refractivity (Wildman–Crippen MR) is 61.4 cm³/mol.